The first-order valence-electron chi connectivity index (χ1n) is 8.11. The molecule has 0 unspecified atom stereocenters. The monoisotopic (exact) mass is 390 g/mol. The highest BCUT2D eigenvalue weighted by atomic mass is 32.2. The van der Waals surface area contributed by atoms with Gasteiger partial charge < -0.3 is 14.8 Å². The molecule has 0 saturated heterocycles. The quantitative estimate of drug-likeness (QED) is 0.665. The number of anilines is 1. The van der Waals surface area contributed by atoms with E-state index in [9.17, 15) is 13.2 Å². The van der Waals surface area contributed by atoms with Gasteiger partial charge in [-0.2, -0.15) is 4.31 Å². The minimum Gasteiger partial charge on any atom is -0.497 e. The molecule has 0 aliphatic carbocycles. The van der Waals surface area contributed by atoms with Crippen molar-refractivity contribution >= 4 is 21.6 Å². The van der Waals surface area contributed by atoms with Gasteiger partial charge in [0.15, 0.2) is 0 Å². The molecule has 0 radical (unpaired) electrons. The summed E-state index contributed by atoms with van der Waals surface area (Å²) in [5.41, 5.74) is 0.511. The molecule has 0 saturated carbocycles. The van der Waals surface area contributed by atoms with Gasteiger partial charge in [-0.25, -0.2) is 8.42 Å². The van der Waals surface area contributed by atoms with Crippen molar-refractivity contribution in [2.45, 2.75) is 4.90 Å². The SMILES string of the molecule is C=CCOc1cccc(NC(=O)CN(C)S(=O)(=O)c2ccc(OC)cc2)c1. The first-order chi connectivity index (χ1) is 12.9. The first kappa shape index (κ1) is 20.5. The van der Waals surface area contributed by atoms with Crippen molar-refractivity contribution < 1.29 is 22.7 Å². The second-order valence-corrected chi connectivity index (χ2v) is 7.66. The highest BCUT2D eigenvalue weighted by Gasteiger charge is 2.23. The third kappa shape index (κ3) is 5.57. The summed E-state index contributed by atoms with van der Waals surface area (Å²) >= 11 is 0. The topological polar surface area (TPSA) is 84.9 Å². The summed E-state index contributed by atoms with van der Waals surface area (Å²) in [4.78, 5) is 12.3. The molecule has 27 heavy (non-hydrogen) atoms. The van der Waals surface area contributed by atoms with Gasteiger partial charge in [-0.15, -0.1) is 0 Å². The molecular formula is C19H22N2O5S. The lowest BCUT2D eigenvalue weighted by Gasteiger charge is -2.17. The number of sulfonamides is 1. The number of carbonyl (C=O) groups excluding carboxylic acids is 1. The van der Waals surface area contributed by atoms with Crippen LogP contribution in [0.3, 0.4) is 0 Å². The van der Waals surface area contributed by atoms with Crippen molar-refractivity contribution in [1.29, 1.82) is 0 Å². The van der Waals surface area contributed by atoms with Crippen LogP contribution in [0.25, 0.3) is 0 Å². The molecule has 0 heterocycles. The zero-order valence-electron chi connectivity index (χ0n) is 15.2. The van der Waals surface area contributed by atoms with Crippen LogP contribution in [0.5, 0.6) is 11.5 Å². The number of likely N-dealkylation sites (N-methyl/N-ethyl adjacent to an activating group) is 1. The lowest BCUT2D eigenvalue weighted by molar-refractivity contribution is -0.116. The van der Waals surface area contributed by atoms with Gasteiger partial charge >= 0.3 is 0 Å². The van der Waals surface area contributed by atoms with Gasteiger partial charge in [0, 0.05) is 18.8 Å². The average Bonchev–Trinajstić information content (AvgIpc) is 2.66. The Kier molecular flexibility index (Phi) is 6.98. The van der Waals surface area contributed by atoms with E-state index in [0.29, 0.717) is 23.8 Å². The average molecular weight is 390 g/mol. The molecule has 2 aromatic rings. The fourth-order valence-corrected chi connectivity index (χ4v) is 3.36. The summed E-state index contributed by atoms with van der Waals surface area (Å²) in [6, 6.07) is 12.8. The van der Waals surface area contributed by atoms with Crippen molar-refractivity contribution in [2.24, 2.45) is 0 Å². The number of rotatable bonds is 9. The number of carbonyl (C=O) groups is 1. The summed E-state index contributed by atoms with van der Waals surface area (Å²) in [7, 11) is -0.943. The maximum atomic E-state index is 12.6. The minimum absolute atomic E-state index is 0.0819. The van der Waals surface area contributed by atoms with Crippen LogP contribution < -0.4 is 14.8 Å². The molecule has 1 N–H and O–H groups in total. The fraction of sp³-hybridized carbons (Fsp3) is 0.211. The smallest absolute Gasteiger partial charge is 0.243 e. The van der Waals surface area contributed by atoms with Crippen LogP contribution in [0.4, 0.5) is 5.69 Å². The van der Waals surface area contributed by atoms with Crippen molar-refractivity contribution in [1.82, 2.24) is 4.31 Å². The normalized spacial score (nSPS) is 11.1. The molecule has 7 nitrogen and oxygen atoms in total. The van der Waals surface area contributed by atoms with E-state index in [4.69, 9.17) is 9.47 Å². The molecule has 1 amide bonds. The molecule has 0 aliphatic rings. The number of nitrogens with one attached hydrogen (secondary N) is 1. The molecule has 0 fully saturated rings. The van der Waals surface area contributed by atoms with Crippen molar-refractivity contribution in [3.05, 3.63) is 61.2 Å². The third-order valence-electron chi connectivity index (χ3n) is 3.62. The van der Waals surface area contributed by atoms with Crippen LogP contribution in [0, 0.1) is 0 Å². The van der Waals surface area contributed by atoms with Crippen LogP contribution in [0.1, 0.15) is 0 Å². The Bertz CT molecular complexity index is 895. The molecule has 0 spiro atoms. The molecule has 144 valence electrons. The Hall–Kier alpha value is -2.84. The zero-order chi connectivity index (χ0) is 19.9. The van der Waals surface area contributed by atoms with Gasteiger partial charge in [0.25, 0.3) is 0 Å². The van der Waals surface area contributed by atoms with Crippen LogP contribution in [-0.4, -0.2) is 45.9 Å². The number of ether oxygens (including phenoxy) is 2. The van der Waals surface area contributed by atoms with E-state index < -0.39 is 15.9 Å². The summed E-state index contributed by atoms with van der Waals surface area (Å²) < 4.78 is 36.5. The highest BCUT2D eigenvalue weighted by Crippen LogP contribution is 2.20. The van der Waals surface area contributed by atoms with Crippen LogP contribution in [0.15, 0.2) is 66.1 Å². The van der Waals surface area contributed by atoms with E-state index in [2.05, 4.69) is 11.9 Å². The van der Waals surface area contributed by atoms with E-state index in [1.807, 2.05) is 0 Å². The van der Waals surface area contributed by atoms with Crippen molar-refractivity contribution in [2.75, 3.05) is 32.6 Å². The molecule has 0 bridgehead atoms. The van der Waals surface area contributed by atoms with Crippen LogP contribution in [0.2, 0.25) is 0 Å². The lowest BCUT2D eigenvalue weighted by Crippen LogP contribution is -2.34. The Morgan fingerprint density at radius 2 is 1.89 bits per heavy atom. The molecule has 8 heteroatoms. The Morgan fingerprint density at radius 3 is 2.52 bits per heavy atom. The number of benzene rings is 2. The maximum absolute atomic E-state index is 12.6. The molecule has 0 aliphatic heterocycles. The molecular weight excluding hydrogens is 368 g/mol. The largest absolute Gasteiger partial charge is 0.497 e. The molecule has 0 aromatic heterocycles. The summed E-state index contributed by atoms with van der Waals surface area (Å²) in [6.45, 7) is 3.59. The summed E-state index contributed by atoms with van der Waals surface area (Å²) in [5.74, 6) is 0.662. The summed E-state index contributed by atoms with van der Waals surface area (Å²) in [5, 5.41) is 2.66. The van der Waals surface area contributed by atoms with Crippen LogP contribution in [-0.2, 0) is 14.8 Å². The van der Waals surface area contributed by atoms with E-state index in [-0.39, 0.29) is 11.4 Å². The fourth-order valence-electron chi connectivity index (χ4n) is 2.23. The van der Waals surface area contributed by atoms with Crippen LogP contribution >= 0.6 is 0 Å². The number of hydrogen-bond acceptors (Lipinski definition) is 5. The zero-order valence-corrected chi connectivity index (χ0v) is 16.0. The number of methoxy groups -OCH3 is 1. The second-order valence-electron chi connectivity index (χ2n) is 5.61. The minimum atomic E-state index is -3.79. The first-order valence-corrected chi connectivity index (χ1v) is 9.55. The van der Waals surface area contributed by atoms with E-state index in [1.54, 1.807) is 42.5 Å². The second kappa shape index (κ2) is 9.20. The van der Waals surface area contributed by atoms with E-state index >= 15 is 0 Å². The Morgan fingerprint density at radius 1 is 1.19 bits per heavy atom. The highest BCUT2D eigenvalue weighted by molar-refractivity contribution is 7.89. The molecule has 0 atom stereocenters. The standard InChI is InChI=1S/C19H22N2O5S/c1-4-12-26-17-7-5-6-15(13-17)20-19(22)14-21(2)27(23,24)18-10-8-16(25-3)9-11-18/h4-11,13H,1,12,14H2,2-3H3,(H,20,22). The maximum Gasteiger partial charge on any atom is 0.243 e. The van der Waals surface area contributed by atoms with E-state index in [1.165, 1.54) is 26.3 Å². The Labute approximate surface area is 159 Å². The van der Waals surface area contributed by atoms with Gasteiger partial charge in [0.2, 0.25) is 15.9 Å². The lowest BCUT2D eigenvalue weighted by atomic mass is 10.3. The van der Waals surface area contributed by atoms with Crippen molar-refractivity contribution in [3.8, 4) is 11.5 Å². The van der Waals surface area contributed by atoms with Gasteiger partial charge in [-0.1, -0.05) is 18.7 Å². The number of amides is 1. The van der Waals surface area contributed by atoms with Gasteiger partial charge in [0.05, 0.1) is 18.6 Å². The number of hydrogen-bond donors (Lipinski definition) is 1. The van der Waals surface area contributed by atoms with Gasteiger partial charge in [-0.05, 0) is 36.4 Å². The number of nitrogens with zero attached hydrogens (tertiary/aromatic N) is 1. The van der Waals surface area contributed by atoms with Gasteiger partial charge in [-0.3, -0.25) is 4.79 Å². The van der Waals surface area contributed by atoms with Crippen molar-refractivity contribution in [3.63, 3.8) is 0 Å². The molecule has 2 aromatic carbocycles. The predicted molar refractivity (Wildman–Crippen MR) is 104 cm³/mol. The third-order valence-corrected chi connectivity index (χ3v) is 5.44. The predicted octanol–water partition coefficient (Wildman–Crippen LogP) is 2.52. The Balaban J connectivity index is 2.02. The molecule has 2 rings (SSSR count). The summed E-state index contributed by atoms with van der Waals surface area (Å²) in [6.07, 6.45) is 1.62. The van der Waals surface area contributed by atoms with Gasteiger partial charge in [0.1, 0.15) is 18.1 Å². The van der Waals surface area contributed by atoms with E-state index in [0.717, 1.165) is 4.31 Å².